The maximum atomic E-state index is 13.3. The molecule has 0 saturated carbocycles. The number of amides is 1. The molecule has 0 bridgehead atoms. The Kier molecular flexibility index (Phi) is 5.11. The van der Waals surface area contributed by atoms with Crippen LogP contribution in [0.1, 0.15) is 29.0 Å². The summed E-state index contributed by atoms with van der Waals surface area (Å²) in [5, 5.41) is 14.1. The van der Waals surface area contributed by atoms with Gasteiger partial charge in [0.1, 0.15) is 5.82 Å². The quantitative estimate of drug-likeness (QED) is 0.865. The summed E-state index contributed by atoms with van der Waals surface area (Å²) in [6.07, 6.45) is 2.09. The molecule has 0 spiro atoms. The molecular formula is C16H19ClFN5O. The lowest BCUT2D eigenvalue weighted by atomic mass is 10.1. The summed E-state index contributed by atoms with van der Waals surface area (Å²) in [5.41, 5.74) is 1.40. The number of benzene rings is 1. The number of nitrogens with zero attached hydrogens (tertiary/aromatic N) is 3. The lowest BCUT2D eigenvalue weighted by Crippen LogP contribution is -2.27. The second kappa shape index (κ2) is 7.27. The summed E-state index contributed by atoms with van der Waals surface area (Å²) in [7, 11) is 0. The third-order valence-corrected chi connectivity index (χ3v) is 4.55. The van der Waals surface area contributed by atoms with Crippen LogP contribution >= 0.6 is 11.6 Å². The number of hydrogen-bond acceptors (Lipinski definition) is 4. The van der Waals surface area contributed by atoms with Crippen LogP contribution in [-0.4, -0.2) is 40.5 Å². The van der Waals surface area contributed by atoms with Crippen molar-refractivity contribution in [3.05, 3.63) is 40.4 Å². The van der Waals surface area contributed by atoms with E-state index in [4.69, 9.17) is 11.6 Å². The topological polar surface area (TPSA) is 71.8 Å². The van der Waals surface area contributed by atoms with Crippen molar-refractivity contribution in [3.63, 3.8) is 0 Å². The number of carbonyl (C=O) groups excluding carboxylic acids is 1. The molecule has 1 atom stereocenters. The molecule has 1 saturated heterocycles. The zero-order valence-electron chi connectivity index (χ0n) is 13.4. The molecule has 2 aromatic rings. The molecule has 1 aromatic carbocycles. The molecule has 6 nitrogen and oxygen atoms in total. The Hall–Kier alpha value is -1.99. The Balaban J connectivity index is 1.67. The molecule has 1 fully saturated rings. The van der Waals surface area contributed by atoms with Crippen molar-refractivity contribution in [2.45, 2.75) is 19.8 Å². The van der Waals surface area contributed by atoms with E-state index in [2.05, 4.69) is 20.9 Å². The van der Waals surface area contributed by atoms with Crippen LogP contribution in [0.4, 0.5) is 4.39 Å². The van der Waals surface area contributed by atoms with Gasteiger partial charge in [0.25, 0.3) is 5.91 Å². The Morgan fingerprint density at radius 3 is 3.08 bits per heavy atom. The predicted octanol–water partition coefficient (Wildman–Crippen LogP) is 2.10. The normalized spacial score (nSPS) is 17.2. The third-order valence-electron chi connectivity index (χ3n) is 4.26. The van der Waals surface area contributed by atoms with E-state index >= 15 is 0 Å². The van der Waals surface area contributed by atoms with Crippen molar-refractivity contribution in [2.75, 3.05) is 19.6 Å². The fraction of sp³-hybridized carbons (Fsp3) is 0.438. The van der Waals surface area contributed by atoms with Crippen LogP contribution in [0.2, 0.25) is 5.02 Å². The number of hydrogen-bond donors (Lipinski definition) is 2. The largest absolute Gasteiger partial charge is 0.351 e. The molecule has 1 amide bonds. The summed E-state index contributed by atoms with van der Waals surface area (Å²) in [6.45, 7) is 4.41. The zero-order chi connectivity index (χ0) is 17.1. The minimum absolute atomic E-state index is 0.00132. The molecule has 1 aliphatic heterocycles. The van der Waals surface area contributed by atoms with Gasteiger partial charge >= 0.3 is 0 Å². The highest BCUT2D eigenvalue weighted by atomic mass is 35.5. The van der Waals surface area contributed by atoms with Crippen LogP contribution in [-0.2, 0) is 0 Å². The third kappa shape index (κ3) is 3.57. The maximum absolute atomic E-state index is 13.3. The van der Waals surface area contributed by atoms with Crippen molar-refractivity contribution in [1.82, 2.24) is 25.6 Å². The zero-order valence-corrected chi connectivity index (χ0v) is 14.1. The lowest BCUT2D eigenvalue weighted by molar-refractivity contribution is 0.0946. The van der Waals surface area contributed by atoms with E-state index in [9.17, 15) is 9.18 Å². The molecule has 1 aromatic heterocycles. The molecule has 3 rings (SSSR count). The van der Waals surface area contributed by atoms with Crippen LogP contribution in [0.3, 0.4) is 0 Å². The fourth-order valence-corrected chi connectivity index (χ4v) is 3.01. The van der Waals surface area contributed by atoms with Crippen molar-refractivity contribution in [3.8, 4) is 5.69 Å². The standard InChI is InChI=1S/C16H19ClFN5O/c1-10-15(16(24)20-7-5-11-4-6-19-9-11)21-22-23(10)12-2-3-14(18)13(17)8-12/h2-3,8,11,19H,4-7,9H2,1H3,(H,20,24). The highest BCUT2D eigenvalue weighted by Gasteiger charge is 2.19. The van der Waals surface area contributed by atoms with Crippen molar-refractivity contribution in [2.24, 2.45) is 5.92 Å². The molecule has 128 valence electrons. The van der Waals surface area contributed by atoms with E-state index in [1.54, 1.807) is 6.92 Å². The summed E-state index contributed by atoms with van der Waals surface area (Å²) in [5.74, 6) is -0.140. The van der Waals surface area contributed by atoms with Crippen molar-refractivity contribution in [1.29, 1.82) is 0 Å². The predicted molar refractivity (Wildman–Crippen MR) is 89.0 cm³/mol. The van der Waals surface area contributed by atoms with E-state index in [1.807, 2.05) is 0 Å². The fourth-order valence-electron chi connectivity index (χ4n) is 2.84. The van der Waals surface area contributed by atoms with Gasteiger partial charge in [-0.25, -0.2) is 9.07 Å². The van der Waals surface area contributed by atoms with Crippen LogP contribution < -0.4 is 10.6 Å². The number of nitrogens with one attached hydrogen (secondary N) is 2. The van der Waals surface area contributed by atoms with E-state index in [0.29, 0.717) is 23.8 Å². The van der Waals surface area contributed by atoms with Gasteiger partial charge in [0.15, 0.2) is 5.69 Å². The van der Waals surface area contributed by atoms with Gasteiger partial charge in [-0.1, -0.05) is 16.8 Å². The monoisotopic (exact) mass is 351 g/mol. The van der Waals surface area contributed by atoms with Gasteiger partial charge in [0.2, 0.25) is 0 Å². The van der Waals surface area contributed by atoms with Crippen LogP contribution in [0.15, 0.2) is 18.2 Å². The summed E-state index contributed by atoms with van der Waals surface area (Å²) < 4.78 is 14.7. The first-order valence-corrected chi connectivity index (χ1v) is 8.30. The van der Waals surface area contributed by atoms with E-state index in [1.165, 1.54) is 22.9 Å². The minimum Gasteiger partial charge on any atom is -0.351 e. The number of rotatable bonds is 5. The molecule has 1 unspecified atom stereocenters. The second-order valence-corrected chi connectivity index (χ2v) is 6.34. The van der Waals surface area contributed by atoms with Gasteiger partial charge in [-0.2, -0.15) is 0 Å². The Morgan fingerprint density at radius 2 is 2.38 bits per heavy atom. The summed E-state index contributed by atoms with van der Waals surface area (Å²) >= 11 is 5.80. The van der Waals surface area contributed by atoms with Gasteiger partial charge in [0.05, 0.1) is 16.4 Å². The molecule has 0 aliphatic carbocycles. The number of halogens is 2. The Labute approximate surface area is 144 Å². The van der Waals surface area contributed by atoms with Crippen LogP contribution in [0, 0.1) is 18.7 Å². The minimum atomic E-state index is -0.502. The van der Waals surface area contributed by atoms with E-state index in [0.717, 1.165) is 25.9 Å². The van der Waals surface area contributed by atoms with Crippen molar-refractivity contribution < 1.29 is 9.18 Å². The Bertz CT molecular complexity index is 742. The first kappa shape index (κ1) is 16.9. The molecule has 1 aliphatic rings. The molecule has 8 heteroatoms. The van der Waals surface area contributed by atoms with Gasteiger partial charge < -0.3 is 10.6 Å². The Morgan fingerprint density at radius 1 is 1.54 bits per heavy atom. The lowest BCUT2D eigenvalue weighted by Gasteiger charge is -2.09. The highest BCUT2D eigenvalue weighted by molar-refractivity contribution is 6.30. The van der Waals surface area contributed by atoms with Gasteiger partial charge in [-0.05, 0) is 57.0 Å². The molecule has 0 radical (unpaired) electrons. The number of carbonyl (C=O) groups is 1. The molecular weight excluding hydrogens is 333 g/mol. The molecule has 2 N–H and O–H groups in total. The average Bonchev–Trinajstić information content (AvgIpc) is 3.20. The smallest absolute Gasteiger partial charge is 0.273 e. The van der Waals surface area contributed by atoms with Gasteiger partial charge in [0, 0.05) is 6.54 Å². The molecule has 24 heavy (non-hydrogen) atoms. The highest BCUT2D eigenvalue weighted by Crippen LogP contribution is 2.20. The summed E-state index contributed by atoms with van der Waals surface area (Å²) in [4.78, 5) is 12.3. The van der Waals surface area contributed by atoms with Crippen LogP contribution in [0.25, 0.3) is 5.69 Å². The first-order chi connectivity index (χ1) is 11.6. The maximum Gasteiger partial charge on any atom is 0.273 e. The SMILES string of the molecule is Cc1c(C(=O)NCCC2CCNC2)nnn1-c1ccc(F)c(Cl)c1. The van der Waals surface area contributed by atoms with Gasteiger partial charge in [-0.15, -0.1) is 5.10 Å². The second-order valence-electron chi connectivity index (χ2n) is 5.94. The average molecular weight is 352 g/mol. The number of aromatic nitrogens is 3. The molecule has 2 heterocycles. The van der Waals surface area contributed by atoms with Gasteiger partial charge in [-0.3, -0.25) is 4.79 Å². The van der Waals surface area contributed by atoms with Crippen molar-refractivity contribution >= 4 is 17.5 Å². The van der Waals surface area contributed by atoms with Crippen LogP contribution in [0.5, 0.6) is 0 Å². The summed E-state index contributed by atoms with van der Waals surface area (Å²) in [6, 6.07) is 4.25. The first-order valence-electron chi connectivity index (χ1n) is 7.93. The van der Waals surface area contributed by atoms with E-state index in [-0.39, 0.29) is 16.6 Å². The van der Waals surface area contributed by atoms with E-state index < -0.39 is 5.82 Å².